The largest absolute Gasteiger partial charge is 0.314 e. The number of nitrogens with one attached hydrogen (secondary N) is 1. The fourth-order valence-electron chi connectivity index (χ4n) is 1.67. The van der Waals surface area contributed by atoms with Crippen LogP contribution in [-0.2, 0) is 6.42 Å². The van der Waals surface area contributed by atoms with Crippen LogP contribution < -0.4 is 5.32 Å². The van der Waals surface area contributed by atoms with Crippen molar-refractivity contribution in [3.8, 4) is 0 Å². The molecule has 0 aromatic carbocycles. The standard InChI is InChI=1S/C10H12Cl2N2/c1-13-10(2-3-10)6-7-4-8(11)14-9(12)5-7/h4-5,13H,2-3,6H2,1H3. The molecule has 0 unspecified atom stereocenters. The van der Waals surface area contributed by atoms with Crippen LogP contribution in [-0.4, -0.2) is 17.6 Å². The second-order valence-electron chi connectivity index (χ2n) is 3.83. The van der Waals surface area contributed by atoms with Crippen molar-refractivity contribution in [3.05, 3.63) is 28.0 Å². The van der Waals surface area contributed by atoms with Crippen molar-refractivity contribution in [1.29, 1.82) is 0 Å². The number of likely N-dealkylation sites (N-methyl/N-ethyl adjacent to an activating group) is 1. The van der Waals surface area contributed by atoms with Gasteiger partial charge in [-0.3, -0.25) is 0 Å². The highest BCUT2D eigenvalue weighted by atomic mass is 35.5. The lowest BCUT2D eigenvalue weighted by atomic mass is 10.1. The van der Waals surface area contributed by atoms with Crippen molar-refractivity contribution >= 4 is 23.2 Å². The molecule has 1 aromatic heterocycles. The first kappa shape index (κ1) is 10.2. The van der Waals surface area contributed by atoms with E-state index in [1.807, 2.05) is 19.2 Å². The zero-order valence-corrected chi connectivity index (χ0v) is 9.49. The Labute approximate surface area is 93.6 Å². The number of nitrogens with zero attached hydrogens (tertiary/aromatic N) is 1. The fraction of sp³-hybridized carbons (Fsp3) is 0.500. The Morgan fingerprint density at radius 1 is 1.36 bits per heavy atom. The third kappa shape index (κ3) is 2.19. The molecule has 0 spiro atoms. The highest BCUT2D eigenvalue weighted by molar-refractivity contribution is 6.32. The normalized spacial score (nSPS) is 18.2. The molecule has 1 aliphatic carbocycles. The molecule has 0 saturated heterocycles. The van der Waals surface area contributed by atoms with E-state index in [2.05, 4.69) is 10.3 Å². The first-order valence-electron chi connectivity index (χ1n) is 4.64. The Morgan fingerprint density at radius 2 is 1.93 bits per heavy atom. The molecule has 0 radical (unpaired) electrons. The van der Waals surface area contributed by atoms with Crippen molar-refractivity contribution in [2.24, 2.45) is 0 Å². The van der Waals surface area contributed by atoms with E-state index in [1.165, 1.54) is 12.8 Å². The summed E-state index contributed by atoms with van der Waals surface area (Å²) < 4.78 is 0. The molecule has 0 atom stereocenters. The summed E-state index contributed by atoms with van der Waals surface area (Å²) in [6, 6.07) is 3.76. The number of pyridine rings is 1. The molecule has 2 nitrogen and oxygen atoms in total. The van der Waals surface area contributed by atoms with Crippen LogP contribution in [0.4, 0.5) is 0 Å². The first-order chi connectivity index (χ1) is 6.63. The minimum Gasteiger partial charge on any atom is -0.314 e. The lowest BCUT2D eigenvalue weighted by Crippen LogP contribution is -2.29. The Morgan fingerprint density at radius 3 is 2.36 bits per heavy atom. The minimum atomic E-state index is 0.286. The minimum absolute atomic E-state index is 0.286. The average molecular weight is 231 g/mol. The van der Waals surface area contributed by atoms with Gasteiger partial charge in [-0.25, -0.2) is 4.98 Å². The van der Waals surface area contributed by atoms with Crippen LogP contribution in [0.2, 0.25) is 10.3 Å². The van der Waals surface area contributed by atoms with E-state index in [1.54, 1.807) is 0 Å². The summed E-state index contributed by atoms with van der Waals surface area (Å²) in [5, 5.41) is 4.28. The predicted octanol–water partition coefficient (Wildman–Crippen LogP) is 2.68. The number of halogens is 2. The lowest BCUT2D eigenvalue weighted by Gasteiger charge is -2.13. The summed E-state index contributed by atoms with van der Waals surface area (Å²) in [5.74, 6) is 0. The summed E-state index contributed by atoms with van der Waals surface area (Å²) in [5.41, 5.74) is 1.44. The van der Waals surface area contributed by atoms with Gasteiger partial charge in [0.05, 0.1) is 0 Å². The number of rotatable bonds is 3. The Hall–Kier alpha value is -0.310. The van der Waals surface area contributed by atoms with E-state index in [4.69, 9.17) is 23.2 Å². The Kier molecular flexibility index (Phi) is 2.69. The van der Waals surface area contributed by atoms with Crippen LogP contribution in [0.3, 0.4) is 0 Å². The second kappa shape index (κ2) is 3.69. The molecule has 1 saturated carbocycles. The molecule has 2 rings (SSSR count). The Bertz CT molecular complexity index is 328. The topological polar surface area (TPSA) is 24.9 Å². The van der Waals surface area contributed by atoms with Gasteiger partial charge in [-0.15, -0.1) is 0 Å². The van der Waals surface area contributed by atoms with Crippen molar-refractivity contribution in [2.75, 3.05) is 7.05 Å². The molecule has 14 heavy (non-hydrogen) atoms. The smallest absolute Gasteiger partial charge is 0.131 e. The molecule has 1 N–H and O–H groups in total. The maximum Gasteiger partial charge on any atom is 0.131 e. The Balaban J connectivity index is 2.16. The van der Waals surface area contributed by atoms with Gasteiger partial charge >= 0.3 is 0 Å². The van der Waals surface area contributed by atoms with Gasteiger partial charge in [0, 0.05) is 5.54 Å². The highest BCUT2D eigenvalue weighted by Gasteiger charge is 2.40. The maximum atomic E-state index is 5.83. The van der Waals surface area contributed by atoms with Crippen LogP contribution in [0, 0.1) is 0 Å². The fourth-order valence-corrected chi connectivity index (χ4v) is 2.18. The molecular weight excluding hydrogens is 219 g/mol. The molecule has 0 amide bonds. The van der Waals surface area contributed by atoms with Crippen molar-refractivity contribution in [2.45, 2.75) is 24.8 Å². The second-order valence-corrected chi connectivity index (χ2v) is 4.60. The van der Waals surface area contributed by atoms with Crippen LogP contribution in [0.1, 0.15) is 18.4 Å². The van der Waals surface area contributed by atoms with Gasteiger partial charge in [0.1, 0.15) is 10.3 Å². The number of hydrogen-bond acceptors (Lipinski definition) is 2. The lowest BCUT2D eigenvalue weighted by molar-refractivity contribution is 0.548. The van der Waals surface area contributed by atoms with E-state index in [0.717, 1.165) is 12.0 Å². The first-order valence-corrected chi connectivity index (χ1v) is 5.40. The van der Waals surface area contributed by atoms with Gasteiger partial charge in [-0.05, 0) is 44.0 Å². The van der Waals surface area contributed by atoms with E-state index < -0.39 is 0 Å². The van der Waals surface area contributed by atoms with Gasteiger partial charge in [-0.1, -0.05) is 23.2 Å². The van der Waals surface area contributed by atoms with Gasteiger partial charge in [0.2, 0.25) is 0 Å². The number of hydrogen-bond donors (Lipinski definition) is 1. The molecule has 1 fully saturated rings. The highest BCUT2D eigenvalue weighted by Crippen LogP contribution is 2.38. The zero-order chi connectivity index (χ0) is 10.2. The predicted molar refractivity (Wildman–Crippen MR) is 59.0 cm³/mol. The summed E-state index contributed by atoms with van der Waals surface area (Å²) >= 11 is 11.7. The molecule has 76 valence electrons. The quantitative estimate of drug-likeness (QED) is 0.809. The SMILES string of the molecule is CNC1(Cc2cc(Cl)nc(Cl)c2)CC1. The molecule has 1 aromatic rings. The third-order valence-electron chi connectivity index (χ3n) is 2.75. The molecule has 1 heterocycles. The number of aromatic nitrogens is 1. The van der Waals surface area contributed by atoms with E-state index in [9.17, 15) is 0 Å². The van der Waals surface area contributed by atoms with E-state index >= 15 is 0 Å². The van der Waals surface area contributed by atoms with E-state index in [0.29, 0.717) is 10.3 Å². The summed E-state index contributed by atoms with van der Waals surface area (Å²) in [4.78, 5) is 3.92. The van der Waals surface area contributed by atoms with Crippen molar-refractivity contribution in [1.82, 2.24) is 10.3 Å². The molecule has 4 heteroatoms. The van der Waals surface area contributed by atoms with Gasteiger partial charge < -0.3 is 5.32 Å². The summed E-state index contributed by atoms with van der Waals surface area (Å²) in [6.07, 6.45) is 3.42. The van der Waals surface area contributed by atoms with Crippen LogP contribution in [0.5, 0.6) is 0 Å². The van der Waals surface area contributed by atoms with Gasteiger partial charge in [-0.2, -0.15) is 0 Å². The summed E-state index contributed by atoms with van der Waals surface area (Å²) in [7, 11) is 2.00. The van der Waals surface area contributed by atoms with Crippen LogP contribution in [0.15, 0.2) is 12.1 Å². The molecular formula is C10H12Cl2N2. The third-order valence-corrected chi connectivity index (χ3v) is 3.14. The maximum absolute atomic E-state index is 5.83. The van der Waals surface area contributed by atoms with Crippen LogP contribution >= 0.6 is 23.2 Å². The molecule has 0 aliphatic heterocycles. The van der Waals surface area contributed by atoms with Crippen molar-refractivity contribution < 1.29 is 0 Å². The monoisotopic (exact) mass is 230 g/mol. The van der Waals surface area contributed by atoms with Gasteiger partial charge in [0.25, 0.3) is 0 Å². The van der Waals surface area contributed by atoms with Crippen molar-refractivity contribution in [3.63, 3.8) is 0 Å². The molecule has 0 bridgehead atoms. The molecule has 1 aliphatic rings. The zero-order valence-electron chi connectivity index (χ0n) is 7.98. The van der Waals surface area contributed by atoms with Crippen LogP contribution in [0.25, 0.3) is 0 Å². The average Bonchev–Trinajstić information content (AvgIpc) is 2.83. The summed E-state index contributed by atoms with van der Waals surface area (Å²) in [6.45, 7) is 0. The van der Waals surface area contributed by atoms with Gasteiger partial charge in [0.15, 0.2) is 0 Å². The van der Waals surface area contributed by atoms with E-state index in [-0.39, 0.29) is 5.54 Å².